The number of rotatable bonds is 24. The predicted molar refractivity (Wildman–Crippen MR) is 261 cm³/mol. The van der Waals surface area contributed by atoms with Crippen LogP contribution in [0.1, 0.15) is 108 Å². The first kappa shape index (κ1) is 55.2. The summed E-state index contributed by atoms with van der Waals surface area (Å²) in [5, 5.41) is 17.5. The van der Waals surface area contributed by atoms with Crippen molar-refractivity contribution < 1.29 is 48.5 Å². The number of hydrogen-bond donors (Lipinski definition) is 2. The summed E-state index contributed by atoms with van der Waals surface area (Å²) in [5.41, 5.74) is 6.38. The number of thioether (sulfide) groups is 2. The normalized spacial score (nSPS) is 20.2. The van der Waals surface area contributed by atoms with Gasteiger partial charge >= 0.3 is 23.9 Å². The first-order chi connectivity index (χ1) is 30.0. The average Bonchev–Trinajstić information content (AvgIpc) is 3.19. The summed E-state index contributed by atoms with van der Waals surface area (Å²) in [7, 11) is 0. The van der Waals surface area contributed by atoms with E-state index >= 15 is 0 Å². The number of carbonyl (C=O) groups excluding carboxylic acids is 4. The van der Waals surface area contributed by atoms with Crippen LogP contribution in [0, 0.1) is 10.8 Å². The van der Waals surface area contributed by atoms with Crippen LogP contribution in [0.15, 0.2) is 130 Å². The zero-order chi connectivity index (χ0) is 48.0. The number of carboxylic acid groups (broad SMARTS) is 2. The fraction of sp³-hybridized carbons (Fsp3) is 0.462. The van der Waals surface area contributed by atoms with Crippen LogP contribution in [-0.4, -0.2) is 80.9 Å². The molecule has 10 nitrogen and oxygen atoms in total. The van der Waals surface area contributed by atoms with E-state index in [0.29, 0.717) is 47.0 Å². The van der Waals surface area contributed by atoms with Crippen LogP contribution in [-0.2, 0) is 38.2 Å². The van der Waals surface area contributed by atoms with Crippen LogP contribution in [0.4, 0.5) is 0 Å². The summed E-state index contributed by atoms with van der Waals surface area (Å²) >= 11 is 2.75. The Bertz CT molecular complexity index is 1930. The molecule has 2 atom stereocenters. The fourth-order valence-electron chi connectivity index (χ4n) is 7.03. The van der Waals surface area contributed by atoms with Crippen molar-refractivity contribution >= 4 is 59.0 Å². The Labute approximate surface area is 389 Å². The first-order valence-corrected chi connectivity index (χ1v) is 23.9. The average molecular weight is 917 g/mol. The SMILES string of the molecule is CC1=C(/C=C/C(C)=C/C=C/C(C)=C/C=C/C=C(C)/C=C/C=C(C)/C=C/C2=C(C)C(=O)[C@@H](OC(=O)CCSCCC(=O)O)CC2(C)C)C(C)(C)C[C@H](OC(=O)CCSCCC(=O)O)C1=O. The standard InChI is InChI=1S/C52H68O10S2/c1-35(17-13-19-37(3)21-23-41-39(5)49(59)43(33-51(41,7)8)61-47(57)27-31-63-29-25-45(53)54)15-11-12-16-36(2)18-14-20-38(4)22-24-42-40(6)50(60)44(34-52(42,9)10)62-48(58)28-32-64-30-26-46(55)56/h11-24,43-44H,25-34H2,1-10H3,(H,53,54)(H,55,56)/b12-11+,17-13+,18-14+,23-21+,24-22+,35-15+,36-16+,37-19+,38-20+/t43-,44-/m0/s1. The fourth-order valence-corrected chi connectivity index (χ4v) is 8.69. The maximum atomic E-state index is 13.2. The minimum absolute atomic E-state index is 0.0386. The lowest BCUT2D eigenvalue weighted by Gasteiger charge is -2.36. The highest BCUT2D eigenvalue weighted by Gasteiger charge is 2.41. The van der Waals surface area contributed by atoms with Gasteiger partial charge in [0.15, 0.2) is 23.8 Å². The number of ether oxygens (including phenoxy) is 2. The van der Waals surface area contributed by atoms with Crippen LogP contribution in [0.3, 0.4) is 0 Å². The molecule has 0 radical (unpaired) electrons. The molecule has 2 rings (SSSR count). The molecule has 0 bridgehead atoms. The molecule has 348 valence electrons. The van der Waals surface area contributed by atoms with Gasteiger partial charge in [-0.2, -0.15) is 23.5 Å². The van der Waals surface area contributed by atoms with Crippen LogP contribution in [0.5, 0.6) is 0 Å². The van der Waals surface area contributed by atoms with Crippen molar-refractivity contribution in [2.24, 2.45) is 10.8 Å². The maximum Gasteiger partial charge on any atom is 0.307 e. The van der Waals surface area contributed by atoms with Crippen molar-refractivity contribution in [1.82, 2.24) is 0 Å². The minimum atomic E-state index is -0.873. The topological polar surface area (TPSA) is 161 Å². The lowest BCUT2D eigenvalue weighted by Crippen LogP contribution is -2.39. The van der Waals surface area contributed by atoms with Crippen LogP contribution >= 0.6 is 23.5 Å². The molecule has 0 aliphatic heterocycles. The van der Waals surface area contributed by atoms with E-state index in [9.17, 15) is 28.8 Å². The number of aliphatic carboxylic acids is 2. The molecule has 0 aromatic rings. The molecule has 2 aliphatic carbocycles. The Balaban J connectivity index is 1.92. The number of carboxylic acids is 2. The molecule has 0 amide bonds. The van der Waals surface area contributed by atoms with Gasteiger partial charge in [-0.15, -0.1) is 0 Å². The van der Waals surface area contributed by atoms with Crippen molar-refractivity contribution in [1.29, 1.82) is 0 Å². The van der Waals surface area contributed by atoms with Crippen molar-refractivity contribution in [3.63, 3.8) is 0 Å². The number of esters is 2. The first-order valence-electron chi connectivity index (χ1n) is 21.6. The Morgan fingerprint density at radius 1 is 0.547 bits per heavy atom. The Hall–Kier alpha value is -4.94. The second-order valence-electron chi connectivity index (χ2n) is 17.4. The Morgan fingerprint density at radius 3 is 1.20 bits per heavy atom. The van der Waals surface area contributed by atoms with Crippen molar-refractivity contribution in [3.8, 4) is 0 Å². The molecule has 2 N–H and O–H groups in total. The highest BCUT2D eigenvalue weighted by molar-refractivity contribution is 7.99. The molecule has 0 saturated heterocycles. The Kier molecular flexibility index (Phi) is 23.6. The third-order valence-electron chi connectivity index (χ3n) is 10.6. The van der Waals surface area contributed by atoms with Crippen molar-refractivity contribution in [3.05, 3.63) is 130 Å². The monoisotopic (exact) mass is 916 g/mol. The quantitative estimate of drug-likeness (QED) is 0.0536. The zero-order valence-electron chi connectivity index (χ0n) is 39.3. The molecule has 0 spiro atoms. The predicted octanol–water partition coefficient (Wildman–Crippen LogP) is 11.2. The van der Waals surface area contributed by atoms with E-state index < -0.39 is 36.1 Å². The highest BCUT2D eigenvalue weighted by Crippen LogP contribution is 2.42. The summed E-state index contributed by atoms with van der Waals surface area (Å²) in [5.74, 6) is -1.28. The number of ketones is 2. The molecule has 0 aromatic heterocycles. The molecule has 0 aromatic carbocycles. The van der Waals surface area contributed by atoms with Crippen molar-refractivity contribution in [2.45, 2.75) is 120 Å². The van der Waals surface area contributed by atoms with Gasteiger partial charge in [0.05, 0.1) is 25.7 Å². The molecule has 0 unspecified atom stereocenters. The van der Waals surface area contributed by atoms with Gasteiger partial charge < -0.3 is 19.7 Å². The van der Waals surface area contributed by atoms with E-state index in [1.807, 2.05) is 140 Å². The van der Waals surface area contributed by atoms with Crippen LogP contribution in [0.2, 0.25) is 0 Å². The van der Waals surface area contributed by atoms with Gasteiger partial charge in [0.2, 0.25) is 0 Å². The van der Waals surface area contributed by atoms with E-state index in [-0.39, 0.29) is 48.1 Å². The molecule has 0 fully saturated rings. The number of Topliss-reactive ketones (excluding diaryl/α,β-unsaturated/α-hetero) is 2. The summed E-state index contributed by atoms with van der Waals surface area (Å²) in [4.78, 5) is 72.5. The molecule has 2 aliphatic rings. The third kappa shape index (κ3) is 20.3. The maximum absolute atomic E-state index is 13.2. The number of hydrogen-bond acceptors (Lipinski definition) is 10. The van der Waals surface area contributed by atoms with E-state index in [1.54, 1.807) is 13.8 Å². The highest BCUT2D eigenvalue weighted by atomic mass is 32.2. The van der Waals surface area contributed by atoms with E-state index in [4.69, 9.17) is 19.7 Å². The van der Waals surface area contributed by atoms with Gasteiger partial charge in [0.25, 0.3) is 0 Å². The lowest BCUT2D eigenvalue weighted by molar-refractivity contribution is -0.155. The lowest BCUT2D eigenvalue weighted by atomic mass is 9.71. The molecule has 0 saturated carbocycles. The summed E-state index contributed by atoms with van der Waals surface area (Å²) < 4.78 is 11.1. The summed E-state index contributed by atoms with van der Waals surface area (Å²) in [6.45, 7) is 19.8. The zero-order valence-corrected chi connectivity index (χ0v) is 40.9. The second kappa shape index (κ2) is 27.4. The molecule has 12 heteroatoms. The van der Waals surface area contributed by atoms with Gasteiger partial charge in [0.1, 0.15) is 0 Å². The van der Waals surface area contributed by atoms with E-state index in [2.05, 4.69) is 0 Å². The van der Waals surface area contributed by atoms with E-state index in [1.165, 1.54) is 23.5 Å². The molecular weight excluding hydrogens is 849 g/mol. The second-order valence-corrected chi connectivity index (χ2v) is 19.8. The van der Waals surface area contributed by atoms with Gasteiger partial charge in [-0.25, -0.2) is 0 Å². The van der Waals surface area contributed by atoms with E-state index in [0.717, 1.165) is 33.4 Å². The van der Waals surface area contributed by atoms with Crippen LogP contribution < -0.4 is 0 Å². The van der Waals surface area contributed by atoms with Crippen molar-refractivity contribution in [2.75, 3.05) is 23.0 Å². The third-order valence-corrected chi connectivity index (χ3v) is 12.6. The van der Waals surface area contributed by atoms with Gasteiger partial charge in [0, 0.05) is 35.9 Å². The van der Waals surface area contributed by atoms with Crippen LogP contribution in [0.25, 0.3) is 0 Å². The van der Waals surface area contributed by atoms with Gasteiger partial charge in [-0.3, -0.25) is 28.8 Å². The Morgan fingerprint density at radius 2 is 0.859 bits per heavy atom. The molecule has 64 heavy (non-hydrogen) atoms. The van der Waals surface area contributed by atoms with Gasteiger partial charge in [-0.1, -0.05) is 135 Å². The molecule has 0 heterocycles. The summed E-state index contributed by atoms with van der Waals surface area (Å²) in [6, 6.07) is 0. The smallest absolute Gasteiger partial charge is 0.307 e. The molecular formula is C52H68O10S2. The van der Waals surface area contributed by atoms with Gasteiger partial charge in [-0.05, 0) is 74.7 Å². The summed E-state index contributed by atoms with van der Waals surface area (Å²) in [6.07, 6.45) is 27.4. The number of carbonyl (C=O) groups is 6. The minimum Gasteiger partial charge on any atom is -0.481 e. The largest absolute Gasteiger partial charge is 0.481 e. The number of allylic oxidation sites excluding steroid dienone is 20.